The number of benzene rings is 1. The van der Waals surface area contributed by atoms with Crippen LogP contribution in [0.4, 0.5) is 5.82 Å². The number of hydrogen-bond acceptors (Lipinski definition) is 23. The number of aliphatic imine (C=N–C) groups is 1. The Hall–Kier alpha value is -7.76. The third-order valence-corrected chi connectivity index (χ3v) is 12.0. The van der Waals surface area contributed by atoms with Crippen LogP contribution >= 0.6 is 0 Å². The summed E-state index contributed by atoms with van der Waals surface area (Å²) >= 11 is 0. The molecule has 0 bridgehead atoms. The number of carbonyl (C=O) groups excluding carboxylic acids is 7. The van der Waals surface area contributed by atoms with Crippen LogP contribution in [0, 0.1) is 11.4 Å². The number of nitrogens with zero attached hydrogens (tertiary/aromatic N) is 4. The smallest absolute Gasteiger partial charge is 0.317 e. The van der Waals surface area contributed by atoms with E-state index in [1.54, 1.807) is 38.1 Å². The summed E-state index contributed by atoms with van der Waals surface area (Å²) in [7, 11) is 0. The van der Waals surface area contributed by atoms with Crippen LogP contribution in [0.25, 0.3) is 0 Å². The van der Waals surface area contributed by atoms with Gasteiger partial charge in [0.2, 0.25) is 29.5 Å². The maximum absolute atomic E-state index is 13.6. The fourth-order valence-corrected chi connectivity index (χ4v) is 6.99. The third-order valence-electron chi connectivity index (χ3n) is 12.0. The van der Waals surface area contributed by atoms with E-state index in [1.165, 1.54) is 42.9 Å². The molecule has 22 N–H and O–H groups in total. The topological polar surface area (TPSA) is 550 Å². The van der Waals surface area contributed by atoms with E-state index in [-0.39, 0.29) is 63.7 Å². The van der Waals surface area contributed by atoms with Gasteiger partial charge in [-0.15, -0.1) is 5.11 Å². The van der Waals surface area contributed by atoms with Crippen LogP contribution in [0.1, 0.15) is 59.4 Å². The van der Waals surface area contributed by atoms with Crippen LogP contribution in [0.2, 0.25) is 0 Å². The fourth-order valence-electron chi connectivity index (χ4n) is 6.99. The van der Waals surface area contributed by atoms with Crippen LogP contribution in [0.15, 0.2) is 77.2 Å². The van der Waals surface area contributed by atoms with E-state index in [2.05, 4.69) is 62.6 Å². The molecule has 1 aromatic carbocycles. The SMILES string of the molecule is CC(C)[C@@H]1NC(=O)[C@@H](Cc2ccc(OCCCNC(=O)c3ccc(N=N)nc3)cc2)NC(=O)CNC(=O)CNC(=O)[C@H](CCCN=C(N)N)NC1=O.O=C(NC[C@H](O)[C@H](O)[C@H](O)[C@@H](O)CO)c1ccncc1.O=C(O)CNC(CO)(CO)CO.[Tc]. The summed E-state index contributed by atoms with van der Waals surface area (Å²) < 4.78 is 5.77. The summed E-state index contributed by atoms with van der Waals surface area (Å²) in [5, 5.41) is 104. The number of nitrogens with two attached hydrogens (primary N) is 2. The molecule has 2 aromatic heterocycles. The molecule has 1 fully saturated rings. The second-order valence-electron chi connectivity index (χ2n) is 18.9. The summed E-state index contributed by atoms with van der Waals surface area (Å²) in [4.78, 5) is 111. The van der Waals surface area contributed by atoms with Crippen molar-refractivity contribution in [1.82, 2.24) is 52.5 Å². The molecule has 1 aliphatic rings. The molecule has 1 radical (unpaired) electrons. The van der Waals surface area contributed by atoms with E-state index in [9.17, 15) is 53.7 Å². The first-order valence-corrected chi connectivity index (χ1v) is 26.1. The summed E-state index contributed by atoms with van der Waals surface area (Å²) in [6.45, 7) is 0.354. The van der Waals surface area contributed by atoms with Crippen molar-refractivity contribution < 1.29 is 109 Å². The second kappa shape index (κ2) is 40.5. The molecule has 0 aliphatic carbocycles. The molecule has 33 nitrogen and oxygen atoms in total. The van der Waals surface area contributed by atoms with Crippen molar-refractivity contribution in [3.8, 4) is 5.75 Å². The van der Waals surface area contributed by atoms with E-state index in [1.807, 2.05) is 0 Å². The zero-order valence-corrected chi connectivity index (χ0v) is 48.5. The number of aliphatic hydroxyl groups excluding tert-OH is 8. The fraction of sp³-hybridized carbons (Fsp3) is 0.510. The molecule has 7 atom stereocenters. The standard InChI is InChI=1S/C33H46N12O7.C12H18N2O6.C6H13NO5.Tc/c1-19(2)28-32(51)43-23(5-3-12-38-33(34)35)30(49)41-17-26(46)40-18-27(47)42-24(31(50)44-28)15-20-6-9-22(10-7-20)52-14-4-13-37-29(48)21-8-11-25(45-36)39-16-21;15-6-9(17)11(19)10(18)8(16)5-14-12(20)7-1-3-13-4-2-7;8-2-6(3-9,4-10)7-1-5(11)12;/h6-11,16,19,23-24,28,36H,3-5,12-15,17-18H2,1-2H3,(H,37,48)(H,40,46)(H,41,49)(H,42,47)(H,43,51)(H,44,50)(H4,34,35,38);1-4,8-11,15-19H,5-6H2,(H,14,20);7-10H,1-4H2,(H,11,12);/t23-,24+,28-;8-,9-,10-,11+;;/m00../s1. The van der Waals surface area contributed by atoms with E-state index < -0.39 is 141 Å². The van der Waals surface area contributed by atoms with E-state index in [0.717, 1.165) is 0 Å². The Morgan fingerprint density at radius 3 is 1.95 bits per heavy atom. The number of hydrogen-bond donors (Lipinski definition) is 20. The molecule has 4 rings (SSSR count). The Morgan fingerprint density at radius 2 is 1.39 bits per heavy atom. The summed E-state index contributed by atoms with van der Waals surface area (Å²) in [6.07, 6.45) is -1.23. The predicted molar refractivity (Wildman–Crippen MR) is 296 cm³/mol. The third kappa shape index (κ3) is 28.6. The zero-order valence-electron chi connectivity index (χ0n) is 46.6. The Kier molecular flexibility index (Phi) is 35.8. The molecule has 471 valence electrons. The van der Waals surface area contributed by atoms with Crippen LogP contribution in [0.5, 0.6) is 5.75 Å². The number of aliphatic hydroxyl groups is 8. The number of pyridine rings is 2. The zero-order chi connectivity index (χ0) is 62.8. The van der Waals surface area contributed by atoms with Crippen molar-refractivity contribution in [3.05, 3.63) is 83.8 Å². The minimum atomic E-state index is -1.71. The summed E-state index contributed by atoms with van der Waals surface area (Å²) in [5.74, 6) is -4.86. The van der Waals surface area contributed by atoms with Crippen molar-refractivity contribution in [2.24, 2.45) is 27.5 Å². The van der Waals surface area contributed by atoms with Gasteiger partial charge in [0.25, 0.3) is 11.8 Å². The van der Waals surface area contributed by atoms with Crippen molar-refractivity contribution in [3.63, 3.8) is 0 Å². The van der Waals surface area contributed by atoms with Gasteiger partial charge >= 0.3 is 5.97 Å². The number of carbonyl (C=O) groups is 8. The molecule has 34 heteroatoms. The molecule has 85 heavy (non-hydrogen) atoms. The van der Waals surface area contributed by atoms with Crippen molar-refractivity contribution in [2.75, 3.05) is 72.3 Å². The van der Waals surface area contributed by atoms with Crippen molar-refractivity contribution in [2.45, 2.75) is 87.6 Å². The van der Waals surface area contributed by atoms with E-state index in [4.69, 9.17) is 52.4 Å². The first-order chi connectivity index (χ1) is 39.9. The molecule has 1 saturated heterocycles. The Bertz CT molecular complexity index is 2580. The van der Waals surface area contributed by atoms with Gasteiger partial charge in [-0.25, -0.2) is 10.5 Å². The Balaban J connectivity index is 0.000000890. The summed E-state index contributed by atoms with van der Waals surface area (Å²) in [6, 6.07) is 9.57. The first kappa shape index (κ1) is 75.3. The van der Waals surface area contributed by atoms with Gasteiger partial charge in [0, 0.05) is 70.3 Å². The minimum absolute atomic E-state index is 0. The van der Waals surface area contributed by atoms with Gasteiger partial charge in [-0.1, -0.05) is 26.0 Å². The van der Waals surface area contributed by atoms with Gasteiger partial charge in [-0.05, 0) is 67.1 Å². The number of aliphatic carboxylic acids is 1. The Labute approximate surface area is 501 Å². The number of ether oxygens (including phenoxy) is 1. The maximum Gasteiger partial charge on any atom is 0.317 e. The average molecular weight is 1290 g/mol. The number of carboxylic acid groups (broad SMARTS) is 1. The van der Waals surface area contributed by atoms with Gasteiger partial charge in [0.15, 0.2) is 11.8 Å². The van der Waals surface area contributed by atoms with Gasteiger partial charge in [0.05, 0.1) is 69.9 Å². The monoisotopic (exact) mass is 1280 g/mol. The number of amides is 7. The number of guanidine groups is 1. The van der Waals surface area contributed by atoms with Gasteiger partial charge in [-0.2, -0.15) is 0 Å². The van der Waals surface area contributed by atoms with E-state index >= 15 is 0 Å². The Morgan fingerprint density at radius 1 is 0.765 bits per heavy atom. The maximum atomic E-state index is 13.6. The van der Waals surface area contributed by atoms with Gasteiger partial charge in [0.1, 0.15) is 42.2 Å². The molecule has 0 unspecified atom stereocenters. The second-order valence-corrected chi connectivity index (χ2v) is 18.9. The summed E-state index contributed by atoms with van der Waals surface area (Å²) in [5.41, 5.74) is 17.7. The number of rotatable bonds is 27. The van der Waals surface area contributed by atoms with Crippen molar-refractivity contribution >= 4 is 59.1 Å². The quantitative estimate of drug-likeness (QED) is 0.0146. The molecule has 7 amide bonds. The molecule has 0 spiro atoms. The molecular formula is C51H77N15O18Tc. The van der Waals surface area contributed by atoms with Crippen LogP contribution in [-0.4, -0.2) is 230 Å². The molecule has 3 aromatic rings. The number of aromatic nitrogens is 2. The first-order valence-electron chi connectivity index (χ1n) is 26.1. The predicted octanol–water partition coefficient (Wildman–Crippen LogP) is -6.48. The van der Waals surface area contributed by atoms with Crippen LogP contribution in [0.3, 0.4) is 0 Å². The van der Waals surface area contributed by atoms with Crippen molar-refractivity contribution in [1.29, 1.82) is 5.53 Å². The van der Waals surface area contributed by atoms with E-state index in [0.29, 0.717) is 48.4 Å². The van der Waals surface area contributed by atoms with Gasteiger partial charge in [-0.3, -0.25) is 53.6 Å². The number of carboxylic acids is 1. The molecular weight excluding hydrogens is 1210 g/mol. The molecule has 3 heterocycles. The normalized spacial score (nSPS) is 17.1. The van der Waals surface area contributed by atoms with Crippen LogP contribution in [-0.2, 0) is 55.3 Å². The average Bonchev–Trinajstić information content (AvgIpc) is 3.60. The largest absolute Gasteiger partial charge is 0.494 e. The number of nitrogens with one attached hydrogen (secondary N) is 9. The molecule has 0 saturated carbocycles. The van der Waals surface area contributed by atoms with Gasteiger partial charge < -0.3 is 99.4 Å². The molecule has 1 aliphatic heterocycles. The van der Waals surface area contributed by atoms with Crippen LogP contribution < -0.4 is 58.7 Å². The minimum Gasteiger partial charge on any atom is -0.494 e.